The van der Waals surface area contributed by atoms with E-state index in [2.05, 4.69) is 5.48 Å². The zero-order valence-corrected chi connectivity index (χ0v) is 5.35. The summed E-state index contributed by atoms with van der Waals surface area (Å²) in [6, 6.07) is 0.0370. The van der Waals surface area contributed by atoms with Crippen LogP contribution in [0.4, 0.5) is 0 Å². The third kappa shape index (κ3) is 4.05. The molecule has 0 aromatic carbocycles. The second-order valence-electron chi connectivity index (χ2n) is 1.69. The van der Waals surface area contributed by atoms with Crippen LogP contribution in [-0.2, 0) is 4.74 Å². The van der Waals surface area contributed by atoms with Crippen LogP contribution >= 0.6 is 0 Å². The molecule has 0 aliphatic carbocycles. The molecule has 0 bridgehead atoms. The predicted octanol–water partition coefficient (Wildman–Crippen LogP) is 0.390. The Morgan fingerprint density at radius 2 is 2.38 bits per heavy atom. The lowest BCUT2D eigenvalue weighted by atomic mass is 10.4. The largest absolute Gasteiger partial charge is 0.380 e. The van der Waals surface area contributed by atoms with Gasteiger partial charge >= 0.3 is 0 Å². The molecule has 0 fully saturated rings. The highest BCUT2D eigenvalue weighted by atomic mass is 16.5. The predicted molar refractivity (Wildman–Crippen MR) is 30.9 cm³/mol. The van der Waals surface area contributed by atoms with E-state index in [-0.39, 0.29) is 6.04 Å². The first kappa shape index (κ1) is 7.88. The van der Waals surface area contributed by atoms with Crippen molar-refractivity contribution < 1.29 is 9.94 Å². The van der Waals surface area contributed by atoms with E-state index in [0.29, 0.717) is 13.2 Å². The summed E-state index contributed by atoms with van der Waals surface area (Å²) in [5.41, 5.74) is 2.07. The average molecular weight is 119 g/mol. The molecule has 3 nitrogen and oxygen atoms in total. The third-order valence-corrected chi connectivity index (χ3v) is 0.792. The Hall–Kier alpha value is -0.120. The van der Waals surface area contributed by atoms with E-state index in [1.54, 1.807) is 0 Å². The topological polar surface area (TPSA) is 41.5 Å². The number of hydrogen-bond donors (Lipinski definition) is 2. The fourth-order valence-electron chi connectivity index (χ4n) is 0.332. The van der Waals surface area contributed by atoms with Gasteiger partial charge in [-0.05, 0) is 13.8 Å². The minimum absolute atomic E-state index is 0.0370. The van der Waals surface area contributed by atoms with Crippen molar-refractivity contribution in [1.82, 2.24) is 5.48 Å². The number of ether oxygens (including phenoxy) is 1. The van der Waals surface area contributed by atoms with E-state index in [1.807, 2.05) is 13.8 Å². The molecule has 0 saturated heterocycles. The van der Waals surface area contributed by atoms with E-state index < -0.39 is 0 Å². The van der Waals surface area contributed by atoms with Crippen LogP contribution in [0, 0.1) is 0 Å². The van der Waals surface area contributed by atoms with Gasteiger partial charge in [-0.2, -0.15) is 0 Å². The van der Waals surface area contributed by atoms with Gasteiger partial charge in [0.1, 0.15) is 0 Å². The Morgan fingerprint density at radius 3 is 2.75 bits per heavy atom. The lowest BCUT2D eigenvalue weighted by molar-refractivity contribution is 0.0615. The van der Waals surface area contributed by atoms with Crippen molar-refractivity contribution in [2.24, 2.45) is 0 Å². The Morgan fingerprint density at radius 1 is 1.75 bits per heavy atom. The molecule has 0 amide bonds. The standard InChI is InChI=1S/C5H13NO2/c1-3-8-4-5(2)6-7/h5-7H,3-4H2,1-2H3. The van der Waals surface area contributed by atoms with E-state index in [9.17, 15) is 0 Å². The molecule has 0 aliphatic rings. The van der Waals surface area contributed by atoms with Crippen LogP contribution in [0.1, 0.15) is 13.8 Å². The number of hydrogen-bond acceptors (Lipinski definition) is 3. The molecule has 1 unspecified atom stereocenters. The zero-order valence-electron chi connectivity index (χ0n) is 5.35. The van der Waals surface area contributed by atoms with Crippen LogP contribution in [0.3, 0.4) is 0 Å². The van der Waals surface area contributed by atoms with Gasteiger partial charge in [0.15, 0.2) is 0 Å². The summed E-state index contributed by atoms with van der Waals surface area (Å²) in [7, 11) is 0. The van der Waals surface area contributed by atoms with Gasteiger partial charge in [0, 0.05) is 6.61 Å². The van der Waals surface area contributed by atoms with Crippen LogP contribution in [0.2, 0.25) is 0 Å². The molecule has 0 saturated carbocycles. The van der Waals surface area contributed by atoms with E-state index in [1.165, 1.54) is 0 Å². The summed E-state index contributed by atoms with van der Waals surface area (Å²) in [5.74, 6) is 0. The molecule has 0 spiro atoms. The van der Waals surface area contributed by atoms with Gasteiger partial charge in [0.25, 0.3) is 0 Å². The van der Waals surface area contributed by atoms with Crippen molar-refractivity contribution in [2.45, 2.75) is 19.9 Å². The third-order valence-electron chi connectivity index (χ3n) is 0.792. The minimum Gasteiger partial charge on any atom is -0.380 e. The summed E-state index contributed by atoms with van der Waals surface area (Å²) in [6.07, 6.45) is 0. The van der Waals surface area contributed by atoms with Crippen molar-refractivity contribution in [1.29, 1.82) is 0 Å². The van der Waals surface area contributed by atoms with Crippen LogP contribution in [0.15, 0.2) is 0 Å². The summed E-state index contributed by atoms with van der Waals surface area (Å²) < 4.78 is 4.96. The maximum Gasteiger partial charge on any atom is 0.0639 e. The summed E-state index contributed by atoms with van der Waals surface area (Å²) in [5, 5.41) is 8.23. The maximum absolute atomic E-state index is 8.23. The van der Waals surface area contributed by atoms with Gasteiger partial charge in [-0.3, -0.25) is 0 Å². The quantitative estimate of drug-likeness (QED) is 0.526. The first-order valence-electron chi connectivity index (χ1n) is 2.78. The fourth-order valence-corrected chi connectivity index (χ4v) is 0.332. The smallest absolute Gasteiger partial charge is 0.0639 e. The van der Waals surface area contributed by atoms with Gasteiger partial charge in [-0.15, -0.1) is 0 Å². The molecule has 1 atom stereocenters. The Balaban J connectivity index is 2.86. The number of hydroxylamine groups is 1. The molecular weight excluding hydrogens is 106 g/mol. The van der Waals surface area contributed by atoms with Gasteiger partial charge in [0.2, 0.25) is 0 Å². The second kappa shape index (κ2) is 5.03. The fraction of sp³-hybridized carbons (Fsp3) is 1.00. The average Bonchev–Trinajstić information content (AvgIpc) is 1.83. The second-order valence-corrected chi connectivity index (χ2v) is 1.69. The van der Waals surface area contributed by atoms with E-state index >= 15 is 0 Å². The minimum atomic E-state index is 0.0370. The van der Waals surface area contributed by atoms with E-state index in [4.69, 9.17) is 9.94 Å². The molecule has 0 aromatic rings. The van der Waals surface area contributed by atoms with Crippen molar-refractivity contribution in [3.8, 4) is 0 Å². The lowest BCUT2D eigenvalue weighted by Gasteiger charge is -2.06. The highest BCUT2D eigenvalue weighted by Gasteiger charge is 1.95. The Kier molecular flexibility index (Phi) is 4.95. The summed E-state index contributed by atoms with van der Waals surface area (Å²) >= 11 is 0. The van der Waals surface area contributed by atoms with Gasteiger partial charge < -0.3 is 9.94 Å². The van der Waals surface area contributed by atoms with Crippen molar-refractivity contribution in [3.63, 3.8) is 0 Å². The summed E-state index contributed by atoms with van der Waals surface area (Å²) in [6.45, 7) is 5.03. The van der Waals surface area contributed by atoms with Crippen LogP contribution in [-0.4, -0.2) is 24.5 Å². The number of nitrogens with one attached hydrogen (secondary N) is 1. The SMILES string of the molecule is CCOCC(C)NO. The molecule has 3 heteroatoms. The van der Waals surface area contributed by atoms with Crippen LogP contribution in [0.25, 0.3) is 0 Å². The van der Waals surface area contributed by atoms with Crippen LogP contribution in [0.5, 0.6) is 0 Å². The zero-order chi connectivity index (χ0) is 6.41. The first-order valence-corrected chi connectivity index (χ1v) is 2.78. The molecular formula is C5H13NO2. The monoisotopic (exact) mass is 119 g/mol. The number of rotatable bonds is 4. The highest BCUT2D eigenvalue weighted by molar-refractivity contribution is 4.48. The molecule has 0 radical (unpaired) electrons. The molecule has 0 aromatic heterocycles. The first-order chi connectivity index (χ1) is 3.81. The Bertz CT molecular complexity index is 49.7. The normalized spacial score (nSPS) is 13.9. The highest BCUT2D eigenvalue weighted by Crippen LogP contribution is 1.80. The molecule has 0 rings (SSSR count). The van der Waals surface area contributed by atoms with Gasteiger partial charge in [-0.1, -0.05) is 0 Å². The molecule has 8 heavy (non-hydrogen) atoms. The maximum atomic E-state index is 8.23. The van der Waals surface area contributed by atoms with Crippen molar-refractivity contribution in [2.75, 3.05) is 13.2 Å². The van der Waals surface area contributed by atoms with Crippen LogP contribution < -0.4 is 5.48 Å². The van der Waals surface area contributed by atoms with Crippen molar-refractivity contribution >= 4 is 0 Å². The molecule has 0 aliphatic heterocycles. The summed E-state index contributed by atoms with van der Waals surface area (Å²) in [4.78, 5) is 0. The van der Waals surface area contributed by atoms with Crippen molar-refractivity contribution in [3.05, 3.63) is 0 Å². The van der Waals surface area contributed by atoms with E-state index in [0.717, 1.165) is 0 Å². The lowest BCUT2D eigenvalue weighted by Crippen LogP contribution is -2.27. The molecule has 0 heterocycles. The van der Waals surface area contributed by atoms with Gasteiger partial charge in [-0.25, -0.2) is 5.48 Å². The Labute approximate surface area is 49.6 Å². The molecule has 50 valence electrons. The van der Waals surface area contributed by atoms with Gasteiger partial charge in [0.05, 0.1) is 12.6 Å². The molecule has 2 N–H and O–H groups in total.